The van der Waals surface area contributed by atoms with E-state index in [2.05, 4.69) is 33.8 Å². The summed E-state index contributed by atoms with van der Waals surface area (Å²) in [7, 11) is 0. The van der Waals surface area contributed by atoms with E-state index in [1.807, 2.05) is 41.0 Å². The molecular weight excluding hydrogens is 504 g/mol. The van der Waals surface area contributed by atoms with Crippen LogP contribution in [0.3, 0.4) is 0 Å². The van der Waals surface area contributed by atoms with E-state index < -0.39 is 0 Å². The highest BCUT2D eigenvalue weighted by atomic mass is 16.6. The van der Waals surface area contributed by atoms with E-state index in [0.29, 0.717) is 30.4 Å². The van der Waals surface area contributed by atoms with Crippen LogP contribution in [0.5, 0.6) is 5.75 Å². The average Bonchev–Trinajstić information content (AvgIpc) is 3.76. The fourth-order valence-electron chi connectivity index (χ4n) is 5.72. The Labute approximate surface area is 234 Å². The number of carbonyl (C=O) groups is 1. The number of anilines is 2. The summed E-state index contributed by atoms with van der Waals surface area (Å²) in [6.45, 7) is 2.00. The minimum absolute atomic E-state index is 0.113. The molecule has 2 fully saturated rings. The van der Waals surface area contributed by atoms with Gasteiger partial charge in [0.2, 0.25) is 5.95 Å². The highest BCUT2D eigenvalue weighted by Gasteiger charge is 2.20. The molecule has 208 valence electrons. The summed E-state index contributed by atoms with van der Waals surface area (Å²) >= 11 is 0. The van der Waals surface area contributed by atoms with Gasteiger partial charge in [-0.25, -0.2) is 19.3 Å². The second kappa shape index (κ2) is 11.9. The number of hydrogen-bond acceptors (Lipinski definition) is 8. The summed E-state index contributed by atoms with van der Waals surface area (Å²) in [5.41, 5.74) is 4.64. The number of rotatable bonds is 10. The second-order valence-electron chi connectivity index (χ2n) is 10.6. The monoisotopic (exact) mass is 540 g/mol. The fraction of sp³-hybridized carbons (Fsp3) is 0.419. The quantitative estimate of drug-likeness (QED) is 0.232. The molecule has 2 N–H and O–H groups in total. The van der Waals surface area contributed by atoms with E-state index in [1.54, 1.807) is 6.92 Å². The number of hydrogen-bond donors (Lipinski definition) is 2. The molecule has 2 saturated carbocycles. The van der Waals surface area contributed by atoms with Crippen LogP contribution in [0.15, 0.2) is 54.7 Å². The van der Waals surface area contributed by atoms with Crippen LogP contribution < -0.4 is 15.4 Å². The van der Waals surface area contributed by atoms with Crippen molar-refractivity contribution in [3.8, 4) is 28.3 Å². The molecule has 0 saturated heterocycles. The number of aromatic nitrogens is 4. The lowest BCUT2D eigenvalue weighted by molar-refractivity contribution is -0.145. The van der Waals surface area contributed by atoms with Crippen molar-refractivity contribution >= 4 is 23.3 Å². The van der Waals surface area contributed by atoms with Crippen LogP contribution in [0.1, 0.15) is 58.3 Å². The Morgan fingerprint density at radius 2 is 1.65 bits per heavy atom. The molecule has 0 atom stereocenters. The second-order valence-corrected chi connectivity index (χ2v) is 10.6. The van der Waals surface area contributed by atoms with Gasteiger partial charge in [-0.2, -0.15) is 5.10 Å². The number of benzene rings is 1. The molecule has 1 aromatic carbocycles. The number of esters is 1. The van der Waals surface area contributed by atoms with Crippen LogP contribution in [0.2, 0.25) is 0 Å². The number of pyridine rings is 1. The van der Waals surface area contributed by atoms with Gasteiger partial charge < -0.3 is 20.1 Å². The van der Waals surface area contributed by atoms with Gasteiger partial charge in [0.15, 0.2) is 6.61 Å². The molecule has 40 heavy (non-hydrogen) atoms. The number of nitrogens with zero attached hydrogens (tertiary/aromatic N) is 4. The van der Waals surface area contributed by atoms with Gasteiger partial charge in [0.1, 0.15) is 11.6 Å². The number of ether oxygens (including phenoxy) is 2. The summed E-state index contributed by atoms with van der Waals surface area (Å²) in [4.78, 5) is 21.0. The topological polar surface area (TPSA) is 103 Å². The molecule has 2 aliphatic carbocycles. The molecule has 9 heteroatoms. The molecule has 3 aromatic heterocycles. The first-order chi connectivity index (χ1) is 19.7. The van der Waals surface area contributed by atoms with Crippen molar-refractivity contribution in [1.29, 1.82) is 0 Å². The zero-order valence-electron chi connectivity index (χ0n) is 22.9. The number of nitrogens with one attached hydrogen (secondary N) is 2. The molecule has 0 bridgehead atoms. The Morgan fingerprint density at radius 1 is 0.925 bits per heavy atom. The maximum absolute atomic E-state index is 11.6. The molecule has 4 aromatic rings. The SMILES string of the molecule is CCOC(=O)COc1ccc(-c2cc3c(-c4ccnc(NC5CCCC5)n4)ccc(NC4CCCC4)n3n2)cc1. The van der Waals surface area contributed by atoms with Crippen LogP contribution in [-0.4, -0.2) is 50.8 Å². The van der Waals surface area contributed by atoms with Gasteiger partial charge in [-0.3, -0.25) is 0 Å². The van der Waals surface area contributed by atoms with E-state index in [4.69, 9.17) is 19.6 Å². The van der Waals surface area contributed by atoms with E-state index in [1.165, 1.54) is 38.5 Å². The van der Waals surface area contributed by atoms with Crippen molar-refractivity contribution in [2.45, 2.75) is 70.4 Å². The van der Waals surface area contributed by atoms with Crippen molar-refractivity contribution in [2.24, 2.45) is 0 Å². The average molecular weight is 541 g/mol. The summed E-state index contributed by atoms with van der Waals surface area (Å²) in [5.74, 6) is 1.87. The highest BCUT2D eigenvalue weighted by Crippen LogP contribution is 2.32. The van der Waals surface area contributed by atoms with Gasteiger partial charge in [0.25, 0.3) is 0 Å². The maximum atomic E-state index is 11.6. The molecule has 0 spiro atoms. The first-order valence-electron chi connectivity index (χ1n) is 14.4. The Balaban J connectivity index is 1.32. The lowest BCUT2D eigenvalue weighted by Crippen LogP contribution is -2.17. The molecule has 2 aliphatic rings. The van der Waals surface area contributed by atoms with Gasteiger partial charge >= 0.3 is 5.97 Å². The van der Waals surface area contributed by atoms with Gasteiger partial charge in [0.05, 0.1) is 23.5 Å². The minimum atomic E-state index is -0.381. The smallest absolute Gasteiger partial charge is 0.344 e. The first-order valence-corrected chi connectivity index (χ1v) is 14.4. The normalized spacial score (nSPS) is 15.9. The van der Waals surface area contributed by atoms with E-state index in [9.17, 15) is 4.79 Å². The third-order valence-corrected chi connectivity index (χ3v) is 7.76. The highest BCUT2D eigenvalue weighted by molar-refractivity contribution is 5.83. The van der Waals surface area contributed by atoms with Crippen molar-refractivity contribution in [2.75, 3.05) is 23.8 Å². The van der Waals surface area contributed by atoms with E-state index in [0.717, 1.165) is 46.7 Å². The lowest BCUT2D eigenvalue weighted by atomic mass is 10.1. The van der Waals surface area contributed by atoms with Crippen LogP contribution in [0.4, 0.5) is 11.8 Å². The predicted molar refractivity (Wildman–Crippen MR) is 156 cm³/mol. The molecule has 0 radical (unpaired) electrons. The van der Waals surface area contributed by atoms with Crippen LogP contribution in [0, 0.1) is 0 Å². The lowest BCUT2D eigenvalue weighted by Gasteiger charge is -2.16. The van der Waals surface area contributed by atoms with Crippen LogP contribution in [-0.2, 0) is 9.53 Å². The van der Waals surface area contributed by atoms with Gasteiger partial charge in [-0.1, -0.05) is 25.7 Å². The number of fused-ring (bicyclic) bond motifs is 1. The molecular formula is C31H36N6O3. The molecule has 6 rings (SSSR count). The zero-order valence-corrected chi connectivity index (χ0v) is 22.9. The molecule has 0 amide bonds. The summed E-state index contributed by atoms with van der Waals surface area (Å²) < 4.78 is 12.5. The maximum Gasteiger partial charge on any atom is 0.344 e. The van der Waals surface area contributed by atoms with Crippen LogP contribution in [0.25, 0.3) is 28.0 Å². The van der Waals surface area contributed by atoms with Crippen LogP contribution >= 0.6 is 0 Å². The predicted octanol–water partition coefficient (Wildman–Crippen LogP) is 6.11. The Bertz CT molecular complexity index is 1460. The van der Waals surface area contributed by atoms with E-state index >= 15 is 0 Å². The van der Waals surface area contributed by atoms with Crippen molar-refractivity contribution in [3.05, 3.63) is 54.7 Å². The Hall–Kier alpha value is -4.14. The standard InChI is InChI=1S/C31H36N6O3/c1-2-39-30(38)20-40-24-13-11-21(12-14-24)27-19-28-25(15-16-29(37(28)36-27)33-22-7-3-4-8-22)26-17-18-32-31(35-26)34-23-9-5-6-10-23/h11-19,22-23,33H,2-10,20H2,1H3,(H,32,34,35). The zero-order chi connectivity index (χ0) is 27.3. The third-order valence-electron chi connectivity index (χ3n) is 7.76. The van der Waals surface area contributed by atoms with Gasteiger partial charge in [0, 0.05) is 29.4 Å². The van der Waals surface area contributed by atoms with E-state index in [-0.39, 0.29) is 12.6 Å². The molecule has 0 unspecified atom stereocenters. The van der Waals surface area contributed by atoms with Crippen molar-refractivity contribution in [3.63, 3.8) is 0 Å². The summed E-state index contributed by atoms with van der Waals surface area (Å²) in [5, 5.41) is 12.3. The summed E-state index contributed by atoms with van der Waals surface area (Å²) in [6, 6.07) is 16.8. The van der Waals surface area contributed by atoms with Crippen molar-refractivity contribution in [1.82, 2.24) is 19.6 Å². The first kappa shape index (κ1) is 26.1. The summed E-state index contributed by atoms with van der Waals surface area (Å²) in [6.07, 6.45) is 11.5. The third kappa shape index (κ3) is 5.88. The molecule has 0 aliphatic heterocycles. The number of carbonyl (C=O) groups excluding carboxylic acids is 1. The Morgan fingerprint density at radius 3 is 2.38 bits per heavy atom. The molecule has 3 heterocycles. The van der Waals surface area contributed by atoms with Crippen molar-refractivity contribution < 1.29 is 14.3 Å². The van der Waals surface area contributed by atoms with Gasteiger partial charge in [-0.15, -0.1) is 0 Å². The largest absolute Gasteiger partial charge is 0.482 e. The minimum Gasteiger partial charge on any atom is -0.482 e. The molecule has 9 nitrogen and oxygen atoms in total. The van der Waals surface area contributed by atoms with Gasteiger partial charge in [-0.05, 0) is 81.1 Å². The Kier molecular flexibility index (Phi) is 7.79. The fourth-order valence-corrected chi connectivity index (χ4v) is 5.72.